The minimum absolute atomic E-state index is 0.0289. The van der Waals surface area contributed by atoms with Crippen LogP contribution in [0.25, 0.3) is 0 Å². The summed E-state index contributed by atoms with van der Waals surface area (Å²) in [6, 6.07) is 0. The van der Waals surface area contributed by atoms with Crippen LogP contribution >= 0.6 is 0 Å². The average Bonchev–Trinajstić information content (AvgIpc) is 3.17. The molecular formula is C30H53NO6S. The third-order valence-electron chi connectivity index (χ3n) is 11.8. The molecule has 4 fully saturated rings. The molecule has 4 aliphatic carbocycles. The van der Waals surface area contributed by atoms with E-state index < -0.39 is 15.9 Å². The fraction of sp³-hybridized carbons (Fsp3) is 0.967. The van der Waals surface area contributed by atoms with E-state index in [0.717, 1.165) is 51.4 Å². The molecule has 1 unspecified atom stereocenters. The molecule has 1 amide bonds. The Hall–Kier alpha value is -0.700. The summed E-state index contributed by atoms with van der Waals surface area (Å²) in [5.41, 5.74) is 0.396. The number of nitrogens with zero attached hydrogens (tertiary/aromatic N) is 1. The molecule has 4 saturated carbocycles. The van der Waals surface area contributed by atoms with Gasteiger partial charge in [-0.15, -0.1) is 0 Å². The van der Waals surface area contributed by atoms with Crippen LogP contribution in [0.15, 0.2) is 0 Å². The highest BCUT2D eigenvalue weighted by Gasteiger charge is 2.62. The van der Waals surface area contributed by atoms with Crippen molar-refractivity contribution in [3.05, 3.63) is 0 Å². The van der Waals surface area contributed by atoms with Crippen molar-refractivity contribution in [2.75, 3.05) is 18.8 Å². The fourth-order valence-corrected chi connectivity index (χ4v) is 10.3. The van der Waals surface area contributed by atoms with Gasteiger partial charge < -0.3 is 15.1 Å². The highest BCUT2D eigenvalue weighted by Crippen LogP contribution is 2.68. The topological polar surface area (TPSA) is 115 Å². The zero-order valence-electron chi connectivity index (χ0n) is 24.3. The van der Waals surface area contributed by atoms with Crippen molar-refractivity contribution in [3.8, 4) is 0 Å². The summed E-state index contributed by atoms with van der Waals surface area (Å²) in [6.07, 6.45) is 8.92. The van der Waals surface area contributed by atoms with Gasteiger partial charge in [-0.05, 0) is 110 Å². The van der Waals surface area contributed by atoms with Crippen LogP contribution < -0.4 is 0 Å². The molecule has 0 spiro atoms. The Morgan fingerprint density at radius 3 is 2.29 bits per heavy atom. The van der Waals surface area contributed by atoms with Gasteiger partial charge in [-0.2, -0.15) is 8.42 Å². The minimum atomic E-state index is -4.11. The molecule has 8 heteroatoms. The molecule has 0 aromatic carbocycles. The van der Waals surface area contributed by atoms with Gasteiger partial charge in [-0.1, -0.05) is 34.6 Å². The first kappa shape index (κ1) is 30.3. The largest absolute Gasteiger partial charge is 0.393 e. The summed E-state index contributed by atoms with van der Waals surface area (Å²) < 4.78 is 31.7. The lowest BCUT2D eigenvalue weighted by Gasteiger charge is -2.62. The second kappa shape index (κ2) is 11.3. The fourth-order valence-electron chi connectivity index (χ4n) is 9.87. The van der Waals surface area contributed by atoms with E-state index >= 15 is 0 Å². The predicted octanol–water partition coefficient (Wildman–Crippen LogP) is 4.77. The van der Waals surface area contributed by atoms with E-state index in [4.69, 9.17) is 0 Å². The van der Waals surface area contributed by atoms with Crippen molar-refractivity contribution >= 4 is 16.0 Å². The maximum Gasteiger partial charge on any atom is 0.266 e. The summed E-state index contributed by atoms with van der Waals surface area (Å²) in [7, 11) is -4.11. The minimum Gasteiger partial charge on any atom is -0.393 e. The van der Waals surface area contributed by atoms with E-state index in [-0.39, 0.29) is 41.4 Å². The van der Waals surface area contributed by atoms with E-state index in [1.165, 1.54) is 6.42 Å². The monoisotopic (exact) mass is 555 g/mol. The van der Waals surface area contributed by atoms with E-state index in [0.29, 0.717) is 48.5 Å². The maximum absolute atomic E-state index is 13.1. The number of fused-ring (bicyclic) bond motifs is 5. The van der Waals surface area contributed by atoms with Crippen molar-refractivity contribution in [3.63, 3.8) is 0 Å². The van der Waals surface area contributed by atoms with Gasteiger partial charge in [0.25, 0.3) is 10.1 Å². The normalized spacial score (nSPS) is 41.8. The molecule has 4 rings (SSSR count). The van der Waals surface area contributed by atoms with Crippen LogP contribution in [0.1, 0.15) is 98.8 Å². The molecule has 0 aromatic heterocycles. The number of amides is 1. The highest BCUT2D eigenvalue weighted by atomic mass is 32.2. The van der Waals surface area contributed by atoms with Crippen LogP contribution in [0, 0.1) is 52.3 Å². The van der Waals surface area contributed by atoms with Gasteiger partial charge in [0.15, 0.2) is 0 Å². The zero-order chi connectivity index (χ0) is 28.0. The SMILES string of the molecule is CC(C)CN(CCS(=O)(=O)O)C(=O)CC[C@@H](C)[C@H]1CC[C@H]2[C@@H]3[C@@H](O)CC4C[C@H](O)CC[C@]4(C)[C@H]3CC[C@]12C. The van der Waals surface area contributed by atoms with Gasteiger partial charge in [0.05, 0.1) is 18.0 Å². The Kier molecular flexibility index (Phi) is 8.99. The molecule has 10 atom stereocenters. The number of aliphatic hydroxyl groups is 2. The van der Waals surface area contributed by atoms with Gasteiger partial charge in [0.1, 0.15) is 0 Å². The van der Waals surface area contributed by atoms with Gasteiger partial charge >= 0.3 is 0 Å². The summed E-state index contributed by atoms with van der Waals surface area (Å²) in [6.45, 7) is 11.7. The lowest BCUT2D eigenvalue weighted by Crippen LogP contribution is -2.58. The standard InChI is InChI=1S/C30H53NO6S/c1-19(2)18-31(14-15-38(35,36)37)27(34)9-6-20(3)23-7-8-24-28-25(11-13-30(23,24)5)29(4)12-10-22(32)16-21(29)17-26(28)33/h19-26,28,32-33H,6-18H2,1-5H3,(H,35,36,37)/t20-,21?,22-,23-,24+,25+,26+,28+,29+,30-/m1/s1. The number of hydrogen-bond donors (Lipinski definition) is 3. The van der Waals surface area contributed by atoms with Crippen molar-refractivity contribution in [1.29, 1.82) is 0 Å². The number of carbonyl (C=O) groups excluding carboxylic acids is 1. The van der Waals surface area contributed by atoms with Crippen LogP contribution in [0.4, 0.5) is 0 Å². The van der Waals surface area contributed by atoms with Gasteiger partial charge in [0.2, 0.25) is 5.91 Å². The van der Waals surface area contributed by atoms with Crippen LogP contribution in [-0.4, -0.2) is 65.0 Å². The molecule has 0 bridgehead atoms. The molecule has 7 nitrogen and oxygen atoms in total. The molecule has 3 N–H and O–H groups in total. The zero-order valence-corrected chi connectivity index (χ0v) is 25.1. The number of carbonyl (C=O) groups is 1. The van der Waals surface area contributed by atoms with Crippen molar-refractivity contribution in [2.45, 2.75) is 111 Å². The van der Waals surface area contributed by atoms with Crippen LogP contribution in [0.2, 0.25) is 0 Å². The van der Waals surface area contributed by atoms with Crippen molar-refractivity contribution in [1.82, 2.24) is 4.90 Å². The molecule has 0 heterocycles. The van der Waals surface area contributed by atoms with E-state index in [1.54, 1.807) is 4.90 Å². The Bertz CT molecular complexity index is 954. The van der Waals surface area contributed by atoms with Gasteiger partial charge in [-0.3, -0.25) is 9.35 Å². The smallest absolute Gasteiger partial charge is 0.266 e. The number of aliphatic hydroxyl groups excluding tert-OH is 2. The Balaban J connectivity index is 1.41. The summed E-state index contributed by atoms with van der Waals surface area (Å²) >= 11 is 0. The number of hydrogen-bond acceptors (Lipinski definition) is 5. The molecule has 0 aromatic rings. The molecule has 0 aliphatic heterocycles. The van der Waals surface area contributed by atoms with E-state index in [2.05, 4.69) is 20.8 Å². The van der Waals surface area contributed by atoms with Gasteiger partial charge in [0, 0.05) is 19.5 Å². The van der Waals surface area contributed by atoms with E-state index in [1.807, 2.05) is 13.8 Å². The van der Waals surface area contributed by atoms with E-state index in [9.17, 15) is 28.0 Å². The molecule has 0 saturated heterocycles. The van der Waals surface area contributed by atoms with Crippen LogP contribution in [0.3, 0.4) is 0 Å². The quantitative estimate of drug-likeness (QED) is 0.353. The summed E-state index contributed by atoms with van der Waals surface area (Å²) in [5.74, 6) is 2.46. The Morgan fingerprint density at radius 1 is 0.974 bits per heavy atom. The summed E-state index contributed by atoms with van der Waals surface area (Å²) in [5, 5.41) is 21.8. The molecule has 4 aliphatic rings. The second-order valence-corrected chi connectivity index (χ2v) is 16.1. The lowest BCUT2D eigenvalue weighted by molar-refractivity contribution is -0.174. The van der Waals surface area contributed by atoms with Crippen molar-refractivity contribution in [2.24, 2.45) is 52.3 Å². The highest BCUT2D eigenvalue weighted by molar-refractivity contribution is 7.85. The first-order chi connectivity index (χ1) is 17.7. The van der Waals surface area contributed by atoms with Gasteiger partial charge in [-0.25, -0.2) is 0 Å². The molecular weight excluding hydrogens is 502 g/mol. The van der Waals surface area contributed by atoms with Crippen LogP contribution in [0.5, 0.6) is 0 Å². The Morgan fingerprint density at radius 2 is 1.63 bits per heavy atom. The number of rotatable bonds is 9. The van der Waals surface area contributed by atoms with Crippen LogP contribution in [-0.2, 0) is 14.9 Å². The van der Waals surface area contributed by atoms with Crippen molar-refractivity contribution < 1.29 is 28.0 Å². The molecule has 220 valence electrons. The Labute approximate surface area is 230 Å². The predicted molar refractivity (Wildman–Crippen MR) is 149 cm³/mol. The molecule has 38 heavy (non-hydrogen) atoms. The third-order valence-corrected chi connectivity index (χ3v) is 12.5. The first-order valence-corrected chi connectivity index (χ1v) is 16.9. The molecule has 0 radical (unpaired) electrons. The first-order valence-electron chi connectivity index (χ1n) is 15.2. The lowest BCUT2D eigenvalue weighted by atomic mass is 9.43. The summed E-state index contributed by atoms with van der Waals surface area (Å²) in [4.78, 5) is 14.7. The second-order valence-electron chi connectivity index (χ2n) is 14.5. The average molecular weight is 556 g/mol. The maximum atomic E-state index is 13.1. The third kappa shape index (κ3) is 5.99.